The summed E-state index contributed by atoms with van der Waals surface area (Å²) in [5.74, 6) is -0.288. The van der Waals surface area contributed by atoms with Crippen LogP contribution in [0.1, 0.15) is 10.5 Å². The molecule has 0 bridgehead atoms. The Balaban J connectivity index is 2.77. The van der Waals surface area contributed by atoms with Gasteiger partial charge in [0, 0.05) is 7.05 Å². The summed E-state index contributed by atoms with van der Waals surface area (Å²) >= 11 is 0. The zero-order valence-corrected chi connectivity index (χ0v) is 4.80. The van der Waals surface area contributed by atoms with Crippen molar-refractivity contribution in [1.29, 1.82) is 0 Å². The summed E-state index contributed by atoms with van der Waals surface area (Å²) in [4.78, 5) is 10.6. The van der Waals surface area contributed by atoms with E-state index in [-0.39, 0.29) is 11.6 Å². The number of carbonyl (C=O) groups is 1. The molecule has 5 nitrogen and oxygen atoms in total. The monoisotopic (exact) mass is 125 g/mol. The molecule has 47 valence electrons. The Hall–Kier alpha value is -1.39. The van der Waals surface area contributed by atoms with Crippen molar-refractivity contribution in [3.05, 3.63) is 11.9 Å². The largest absolute Gasteiger partial charge is 0.354 e. The lowest BCUT2D eigenvalue weighted by molar-refractivity contribution is 0.0958. The number of H-pyrrole nitrogens is 1. The minimum Gasteiger partial charge on any atom is -0.354 e. The standard InChI is InChI=1S/C4H5N4O/c1-5-4(9)3-2-6-8-7-3/h1H3,(H,5,9)(H,6,7,8). The zero-order valence-electron chi connectivity index (χ0n) is 4.80. The van der Waals surface area contributed by atoms with Crippen molar-refractivity contribution in [2.45, 2.75) is 0 Å². The van der Waals surface area contributed by atoms with E-state index in [4.69, 9.17) is 0 Å². The molecule has 1 aromatic rings. The van der Waals surface area contributed by atoms with Crippen LogP contribution in [0.25, 0.3) is 0 Å². The average molecular weight is 125 g/mol. The van der Waals surface area contributed by atoms with Gasteiger partial charge in [0.25, 0.3) is 5.91 Å². The summed E-state index contributed by atoms with van der Waals surface area (Å²) < 4.78 is 0. The van der Waals surface area contributed by atoms with E-state index in [1.807, 2.05) is 0 Å². The van der Waals surface area contributed by atoms with Crippen molar-refractivity contribution in [3.63, 3.8) is 0 Å². The first kappa shape index (κ1) is 5.74. The van der Waals surface area contributed by atoms with Gasteiger partial charge in [-0.1, -0.05) is 5.21 Å². The molecule has 0 saturated carbocycles. The Labute approximate surface area is 51.5 Å². The first-order valence-electron chi connectivity index (χ1n) is 2.35. The van der Waals surface area contributed by atoms with Crippen LogP contribution >= 0.6 is 0 Å². The number of rotatable bonds is 1. The third-order valence-electron chi connectivity index (χ3n) is 0.816. The van der Waals surface area contributed by atoms with Crippen LogP contribution in [0.2, 0.25) is 0 Å². The average Bonchev–Trinajstić information content (AvgIpc) is 2.37. The van der Waals surface area contributed by atoms with Gasteiger partial charge >= 0.3 is 0 Å². The second-order valence-electron chi connectivity index (χ2n) is 1.36. The maximum atomic E-state index is 10.6. The van der Waals surface area contributed by atoms with Gasteiger partial charge in [-0.15, -0.1) is 5.10 Å². The van der Waals surface area contributed by atoms with Gasteiger partial charge in [0.1, 0.15) is 6.20 Å². The van der Waals surface area contributed by atoms with Gasteiger partial charge in [-0.3, -0.25) is 9.89 Å². The lowest BCUT2D eigenvalue weighted by Gasteiger charge is -1.87. The van der Waals surface area contributed by atoms with Crippen molar-refractivity contribution >= 4 is 5.91 Å². The van der Waals surface area contributed by atoms with E-state index in [0.29, 0.717) is 0 Å². The van der Waals surface area contributed by atoms with Crippen LogP contribution < -0.4 is 5.32 Å². The maximum absolute atomic E-state index is 10.6. The molecule has 1 amide bonds. The van der Waals surface area contributed by atoms with Gasteiger partial charge in [-0.05, 0) is 0 Å². The van der Waals surface area contributed by atoms with Crippen molar-refractivity contribution < 1.29 is 4.79 Å². The highest BCUT2D eigenvalue weighted by Gasteiger charge is 2.04. The number of hydrogen-bond donors (Lipinski definition) is 2. The van der Waals surface area contributed by atoms with Crippen LogP contribution in [0.3, 0.4) is 0 Å². The Morgan fingerprint density at radius 1 is 1.89 bits per heavy atom. The highest BCUT2D eigenvalue weighted by atomic mass is 16.1. The molecular weight excluding hydrogens is 120 g/mol. The second kappa shape index (κ2) is 2.25. The molecule has 0 aliphatic rings. The Morgan fingerprint density at radius 3 is 3.11 bits per heavy atom. The molecule has 9 heavy (non-hydrogen) atoms. The van der Waals surface area contributed by atoms with Gasteiger partial charge in [0.15, 0.2) is 5.69 Å². The van der Waals surface area contributed by atoms with E-state index in [9.17, 15) is 4.79 Å². The maximum Gasteiger partial charge on any atom is 0.273 e. The molecule has 0 fully saturated rings. The van der Waals surface area contributed by atoms with Crippen LogP contribution in [0.15, 0.2) is 0 Å². The molecule has 5 heteroatoms. The van der Waals surface area contributed by atoms with Crippen molar-refractivity contribution in [2.75, 3.05) is 7.05 Å². The Bertz CT molecular complexity index is 192. The van der Waals surface area contributed by atoms with E-state index in [1.165, 1.54) is 7.05 Å². The molecule has 1 rings (SSSR count). The molecular formula is C4H5N4O. The molecule has 1 radical (unpaired) electrons. The predicted molar refractivity (Wildman–Crippen MR) is 28.6 cm³/mol. The van der Waals surface area contributed by atoms with E-state index in [0.717, 1.165) is 0 Å². The number of aromatic amines is 1. The van der Waals surface area contributed by atoms with Gasteiger partial charge in [-0.25, -0.2) is 0 Å². The number of nitrogens with one attached hydrogen (secondary N) is 2. The second-order valence-corrected chi connectivity index (χ2v) is 1.36. The molecule has 0 spiro atoms. The molecule has 1 heterocycles. The van der Waals surface area contributed by atoms with Gasteiger partial charge in [0.05, 0.1) is 0 Å². The minimum absolute atomic E-state index is 0.178. The van der Waals surface area contributed by atoms with E-state index >= 15 is 0 Å². The summed E-state index contributed by atoms with van der Waals surface area (Å²) in [7, 11) is 1.52. The number of amides is 1. The molecule has 0 aromatic carbocycles. The molecule has 2 N–H and O–H groups in total. The van der Waals surface area contributed by atoms with Crippen LogP contribution in [-0.4, -0.2) is 28.4 Å². The van der Waals surface area contributed by atoms with E-state index in [2.05, 4.69) is 26.9 Å². The smallest absolute Gasteiger partial charge is 0.273 e. The minimum atomic E-state index is -0.288. The number of aromatic nitrogens is 3. The van der Waals surface area contributed by atoms with E-state index < -0.39 is 0 Å². The summed E-state index contributed by atoms with van der Waals surface area (Å²) in [5.41, 5.74) is 0.178. The van der Waals surface area contributed by atoms with Crippen LogP contribution in [0, 0.1) is 6.20 Å². The highest BCUT2D eigenvalue weighted by molar-refractivity contribution is 5.91. The fraction of sp³-hybridized carbons (Fsp3) is 0.250. The van der Waals surface area contributed by atoms with Crippen molar-refractivity contribution in [3.8, 4) is 0 Å². The van der Waals surface area contributed by atoms with Crippen molar-refractivity contribution in [1.82, 2.24) is 20.7 Å². The summed E-state index contributed by atoms with van der Waals surface area (Å²) in [6.07, 6.45) is 2.43. The zero-order chi connectivity index (χ0) is 6.69. The third kappa shape index (κ3) is 1.04. The van der Waals surface area contributed by atoms with Crippen LogP contribution in [0.4, 0.5) is 0 Å². The first-order chi connectivity index (χ1) is 4.34. The quantitative estimate of drug-likeness (QED) is 0.504. The lowest BCUT2D eigenvalue weighted by Crippen LogP contribution is -2.18. The summed E-state index contributed by atoms with van der Waals surface area (Å²) in [5, 5.41) is 11.4. The SMILES string of the molecule is CNC(=O)c1[c][nH]nn1. The molecule has 0 aliphatic carbocycles. The lowest BCUT2D eigenvalue weighted by atomic mass is 10.5. The van der Waals surface area contributed by atoms with Crippen molar-refractivity contribution in [2.24, 2.45) is 0 Å². The fourth-order valence-electron chi connectivity index (χ4n) is 0.399. The van der Waals surface area contributed by atoms with Gasteiger partial charge in [-0.2, -0.15) is 0 Å². The summed E-state index contributed by atoms with van der Waals surface area (Å²) in [6.45, 7) is 0. The van der Waals surface area contributed by atoms with E-state index in [1.54, 1.807) is 0 Å². The third-order valence-corrected chi connectivity index (χ3v) is 0.816. The topological polar surface area (TPSA) is 70.7 Å². The predicted octanol–water partition coefficient (Wildman–Crippen LogP) is -1.04. The first-order valence-corrected chi connectivity index (χ1v) is 2.35. The van der Waals surface area contributed by atoms with Gasteiger partial charge in [0.2, 0.25) is 0 Å². The molecule has 0 atom stereocenters. The molecule has 0 unspecified atom stereocenters. The molecule has 0 saturated heterocycles. The number of carbonyl (C=O) groups excluding carboxylic acids is 1. The number of hydrogen-bond acceptors (Lipinski definition) is 3. The highest BCUT2D eigenvalue weighted by Crippen LogP contribution is 1.83. The number of nitrogens with zero attached hydrogens (tertiary/aromatic N) is 2. The van der Waals surface area contributed by atoms with Crippen LogP contribution in [-0.2, 0) is 0 Å². The Morgan fingerprint density at radius 2 is 2.67 bits per heavy atom. The Kier molecular flexibility index (Phi) is 1.44. The molecule has 0 aliphatic heterocycles. The normalized spacial score (nSPS) is 9.00. The van der Waals surface area contributed by atoms with Gasteiger partial charge < -0.3 is 5.32 Å². The fourth-order valence-corrected chi connectivity index (χ4v) is 0.399. The summed E-state index contributed by atoms with van der Waals surface area (Å²) in [6, 6.07) is 0. The van der Waals surface area contributed by atoms with Crippen LogP contribution in [0.5, 0.6) is 0 Å². The molecule has 1 aromatic heterocycles.